The lowest BCUT2D eigenvalue weighted by Crippen LogP contribution is -2.26. The number of thioether (sulfide) groups is 1. The number of hydrogen-bond acceptors (Lipinski definition) is 5. The molecule has 3 aromatic rings. The van der Waals surface area contributed by atoms with E-state index in [1.54, 1.807) is 0 Å². The summed E-state index contributed by atoms with van der Waals surface area (Å²) in [4.78, 5) is 24.0. The number of hydrogen-bond donors (Lipinski definition) is 1. The van der Waals surface area contributed by atoms with Crippen LogP contribution in [0.3, 0.4) is 0 Å². The van der Waals surface area contributed by atoms with Gasteiger partial charge in [0.15, 0.2) is 0 Å². The standard InChI is InChI=1S/C20H18N2O4S2/c1-28(25,26)21-19-15(10-18(24)22-16(11-23)12-27-20(19)22)9-14-7-4-6-13-5-2-3-8-17(13)14/h2-8,10-11,16,21H,9,12H2,1H3. The smallest absolute Gasteiger partial charge is 0.252 e. The predicted octanol–water partition coefficient (Wildman–Crippen LogP) is 2.81. The number of carbonyl (C=O) groups is 1. The van der Waals surface area contributed by atoms with E-state index >= 15 is 0 Å². The molecular weight excluding hydrogens is 396 g/mol. The topological polar surface area (TPSA) is 85.2 Å². The van der Waals surface area contributed by atoms with Crippen molar-refractivity contribution in [3.63, 3.8) is 0 Å². The molecule has 0 radical (unpaired) electrons. The van der Waals surface area contributed by atoms with E-state index in [9.17, 15) is 18.0 Å². The zero-order valence-corrected chi connectivity index (χ0v) is 16.7. The third-order valence-electron chi connectivity index (χ3n) is 4.72. The summed E-state index contributed by atoms with van der Waals surface area (Å²) < 4.78 is 27.9. The van der Waals surface area contributed by atoms with Gasteiger partial charge in [-0.05, 0) is 21.9 Å². The highest BCUT2D eigenvalue weighted by Gasteiger charge is 2.29. The lowest BCUT2D eigenvalue weighted by atomic mass is 9.98. The molecule has 1 aliphatic rings. The van der Waals surface area contributed by atoms with Crippen LogP contribution in [0.5, 0.6) is 0 Å². The largest absolute Gasteiger partial charge is 0.301 e. The Morgan fingerprint density at radius 2 is 1.93 bits per heavy atom. The second kappa shape index (κ2) is 7.10. The van der Waals surface area contributed by atoms with Crippen LogP contribution >= 0.6 is 11.8 Å². The minimum absolute atomic E-state index is 0.300. The molecule has 28 heavy (non-hydrogen) atoms. The number of anilines is 1. The fraction of sp³-hybridized carbons (Fsp3) is 0.200. The normalized spacial score (nSPS) is 16.1. The van der Waals surface area contributed by atoms with Crippen molar-refractivity contribution in [1.29, 1.82) is 0 Å². The van der Waals surface area contributed by atoms with Gasteiger partial charge in [-0.1, -0.05) is 42.5 Å². The molecule has 0 saturated carbocycles. The van der Waals surface area contributed by atoms with Crippen LogP contribution < -0.4 is 10.3 Å². The Balaban J connectivity index is 1.90. The van der Waals surface area contributed by atoms with Crippen LogP contribution in [-0.2, 0) is 21.2 Å². The molecule has 0 bridgehead atoms. The van der Waals surface area contributed by atoms with Crippen LogP contribution in [0.15, 0.2) is 58.4 Å². The van der Waals surface area contributed by atoms with Crippen molar-refractivity contribution >= 4 is 44.5 Å². The SMILES string of the molecule is CS(=O)(=O)Nc1c(Cc2cccc3ccccc23)cc(=O)n2c1SCC2C=O. The first-order chi connectivity index (χ1) is 13.4. The number of fused-ring (bicyclic) bond motifs is 2. The van der Waals surface area contributed by atoms with E-state index in [1.165, 1.54) is 22.4 Å². The molecule has 4 rings (SSSR count). The molecule has 8 heteroatoms. The molecule has 0 fully saturated rings. The Labute approximate surface area is 166 Å². The van der Waals surface area contributed by atoms with Crippen LogP contribution in [0.4, 0.5) is 5.69 Å². The van der Waals surface area contributed by atoms with Crippen molar-refractivity contribution in [1.82, 2.24) is 4.57 Å². The fourth-order valence-electron chi connectivity index (χ4n) is 3.53. The van der Waals surface area contributed by atoms with E-state index < -0.39 is 16.1 Å². The maximum Gasteiger partial charge on any atom is 0.252 e. The molecule has 1 atom stereocenters. The Kier molecular flexibility index (Phi) is 4.76. The molecule has 1 aromatic heterocycles. The Morgan fingerprint density at radius 1 is 1.18 bits per heavy atom. The van der Waals surface area contributed by atoms with Gasteiger partial charge in [0.25, 0.3) is 5.56 Å². The third kappa shape index (κ3) is 3.45. The minimum Gasteiger partial charge on any atom is -0.301 e. The predicted molar refractivity (Wildman–Crippen MR) is 112 cm³/mol. The summed E-state index contributed by atoms with van der Waals surface area (Å²) in [6.07, 6.45) is 2.20. The molecular formula is C20H18N2O4S2. The van der Waals surface area contributed by atoms with Gasteiger partial charge < -0.3 is 4.79 Å². The second-order valence-corrected chi connectivity index (χ2v) is 9.52. The van der Waals surface area contributed by atoms with Gasteiger partial charge in [0.05, 0.1) is 11.9 Å². The van der Waals surface area contributed by atoms with Crippen molar-refractivity contribution in [2.24, 2.45) is 0 Å². The number of sulfonamides is 1. The highest BCUT2D eigenvalue weighted by atomic mass is 32.2. The highest BCUT2D eigenvalue weighted by molar-refractivity contribution is 7.99. The Morgan fingerprint density at radius 3 is 2.68 bits per heavy atom. The van der Waals surface area contributed by atoms with Gasteiger partial charge >= 0.3 is 0 Å². The molecule has 1 unspecified atom stereocenters. The third-order valence-corrected chi connectivity index (χ3v) is 6.47. The van der Waals surface area contributed by atoms with Crippen LogP contribution in [0.25, 0.3) is 10.8 Å². The molecule has 1 aliphatic heterocycles. The molecule has 0 saturated heterocycles. The molecule has 2 heterocycles. The number of carbonyl (C=O) groups excluding carboxylic acids is 1. The van der Waals surface area contributed by atoms with E-state index in [-0.39, 0.29) is 5.56 Å². The first-order valence-electron chi connectivity index (χ1n) is 8.68. The number of pyridine rings is 1. The summed E-state index contributed by atoms with van der Waals surface area (Å²) in [5, 5.41) is 2.62. The molecule has 144 valence electrons. The first-order valence-corrected chi connectivity index (χ1v) is 11.6. The van der Waals surface area contributed by atoms with Gasteiger partial charge in [-0.3, -0.25) is 14.1 Å². The number of benzene rings is 2. The summed E-state index contributed by atoms with van der Waals surface area (Å²) in [6, 6.07) is 14.7. The van der Waals surface area contributed by atoms with Crippen LogP contribution in [0.2, 0.25) is 0 Å². The summed E-state index contributed by atoms with van der Waals surface area (Å²) in [5.41, 5.74) is 1.67. The minimum atomic E-state index is -3.56. The quantitative estimate of drug-likeness (QED) is 0.649. The van der Waals surface area contributed by atoms with Gasteiger partial charge in [-0.2, -0.15) is 0 Å². The maximum absolute atomic E-state index is 12.7. The van der Waals surface area contributed by atoms with E-state index in [1.807, 2.05) is 42.5 Å². The molecule has 2 aromatic carbocycles. The van der Waals surface area contributed by atoms with E-state index in [2.05, 4.69) is 4.72 Å². The average molecular weight is 415 g/mol. The summed E-state index contributed by atoms with van der Waals surface area (Å²) in [5.74, 6) is 0.412. The van der Waals surface area contributed by atoms with Gasteiger partial charge in [-0.25, -0.2) is 8.42 Å². The Hall–Kier alpha value is -2.58. The first kappa shape index (κ1) is 18.8. The van der Waals surface area contributed by atoms with Gasteiger partial charge in [0, 0.05) is 18.2 Å². The van der Waals surface area contributed by atoms with Crippen molar-refractivity contribution in [3.8, 4) is 0 Å². The van der Waals surface area contributed by atoms with E-state index in [4.69, 9.17) is 0 Å². The van der Waals surface area contributed by atoms with E-state index in [0.29, 0.717) is 28.5 Å². The van der Waals surface area contributed by atoms with Crippen LogP contribution in [0, 0.1) is 0 Å². The lowest BCUT2D eigenvalue weighted by Gasteiger charge is -2.17. The fourth-order valence-corrected chi connectivity index (χ4v) is 5.44. The van der Waals surface area contributed by atoms with Crippen molar-refractivity contribution in [3.05, 3.63) is 70.0 Å². The van der Waals surface area contributed by atoms with Crippen molar-refractivity contribution in [2.75, 3.05) is 16.7 Å². The molecule has 0 spiro atoms. The highest BCUT2D eigenvalue weighted by Crippen LogP contribution is 2.39. The molecule has 0 amide bonds. The van der Waals surface area contributed by atoms with Gasteiger partial charge in [0.1, 0.15) is 17.4 Å². The molecule has 0 aliphatic carbocycles. The zero-order valence-electron chi connectivity index (χ0n) is 15.1. The Bertz CT molecular complexity index is 1240. The summed E-state index contributed by atoms with van der Waals surface area (Å²) in [6.45, 7) is 0. The lowest BCUT2D eigenvalue weighted by molar-refractivity contribution is -0.110. The summed E-state index contributed by atoms with van der Waals surface area (Å²) >= 11 is 1.32. The molecule has 6 nitrogen and oxygen atoms in total. The monoisotopic (exact) mass is 414 g/mol. The van der Waals surface area contributed by atoms with Gasteiger partial charge in [-0.15, -0.1) is 11.8 Å². The van der Waals surface area contributed by atoms with E-state index in [0.717, 1.165) is 28.9 Å². The van der Waals surface area contributed by atoms with Crippen molar-refractivity contribution < 1.29 is 13.2 Å². The maximum atomic E-state index is 12.7. The summed E-state index contributed by atoms with van der Waals surface area (Å²) in [7, 11) is -3.56. The average Bonchev–Trinajstić information content (AvgIpc) is 3.09. The van der Waals surface area contributed by atoms with Crippen LogP contribution in [-0.4, -0.2) is 31.3 Å². The number of nitrogens with one attached hydrogen (secondary N) is 1. The molecule has 1 N–H and O–H groups in total. The number of aldehydes is 1. The second-order valence-electron chi connectivity index (χ2n) is 6.76. The number of aromatic nitrogens is 1. The van der Waals surface area contributed by atoms with Crippen LogP contribution in [0.1, 0.15) is 17.2 Å². The number of nitrogens with zero attached hydrogens (tertiary/aromatic N) is 1. The van der Waals surface area contributed by atoms with Crippen molar-refractivity contribution in [2.45, 2.75) is 17.5 Å². The zero-order chi connectivity index (χ0) is 19.9. The number of rotatable bonds is 5. The van der Waals surface area contributed by atoms with Gasteiger partial charge in [0.2, 0.25) is 10.0 Å².